The first-order valence-electron chi connectivity index (χ1n) is 3.52. The van der Waals surface area contributed by atoms with Crippen molar-refractivity contribution in [3.63, 3.8) is 0 Å². The van der Waals surface area contributed by atoms with Gasteiger partial charge in [0.15, 0.2) is 0 Å². The smallest absolute Gasteiger partial charge is 0.319 e. The van der Waals surface area contributed by atoms with Gasteiger partial charge in [-0.25, -0.2) is 0 Å². The zero-order valence-corrected chi connectivity index (χ0v) is 7.81. The Hall–Kier alpha value is 0.162. The summed E-state index contributed by atoms with van der Waals surface area (Å²) < 4.78 is 0.439. The predicted molar refractivity (Wildman–Crippen MR) is 39.2 cm³/mol. The minimum Gasteiger partial charge on any atom is -0.322 e. The van der Waals surface area contributed by atoms with Crippen molar-refractivity contribution in [3.05, 3.63) is 0 Å². The van der Waals surface area contributed by atoms with Gasteiger partial charge in [0.1, 0.15) is 0 Å². The van der Waals surface area contributed by atoms with Crippen LogP contribution >= 0.6 is 0 Å². The second kappa shape index (κ2) is 3.36. The molecule has 0 radical (unpaired) electrons. The molecular weight excluding hydrogens is 129 g/mol. The lowest BCUT2D eigenvalue weighted by Gasteiger charge is -2.05. The minimum absolute atomic E-state index is 0.439. The summed E-state index contributed by atoms with van der Waals surface area (Å²) in [5.41, 5.74) is 0. The molecule has 1 fully saturated rings. The average Bonchev–Trinajstić information content (AvgIpc) is 2.15. The van der Waals surface area contributed by atoms with Crippen LogP contribution in [0, 0.1) is 0 Å². The first-order valence-corrected chi connectivity index (χ1v) is 4.52. The molecule has 1 heterocycles. The van der Waals surface area contributed by atoms with Gasteiger partial charge in [0.05, 0.1) is 0 Å². The van der Waals surface area contributed by atoms with Gasteiger partial charge in [-0.15, -0.1) is 0 Å². The van der Waals surface area contributed by atoms with Crippen LogP contribution < -0.4 is 5.32 Å². The highest BCUT2D eigenvalue weighted by Gasteiger charge is 2.14. The summed E-state index contributed by atoms with van der Waals surface area (Å²) in [7, 11) is 0. The second-order valence-corrected chi connectivity index (χ2v) is 3.81. The molecule has 0 saturated carbocycles. The first kappa shape index (κ1) is 7.27. The third-order valence-electron chi connectivity index (χ3n) is 1.70. The van der Waals surface area contributed by atoms with Crippen LogP contribution in [0.25, 0.3) is 0 Å². The van der Waals surface area contributed by atoms with E-state index < -0.39 is 0 Å². The van der Waals surface area contributed by atoms with Gasteiger partial charge in [0.25, 0.3) is 0 Å². The van der Waals surface area contributed by atoms with Gasteiger partial charge in [-0.05, 0) is 19.4 Å². The number of carbonyl (C=O) groups excluding carboxylic acids is 1. The van der Waals surface area contributed by atoms with Crippen molar-refractivity contribution in [3.8, 4) is 0 Å². The summed E-state index contributed by atoms with van der Waals surface area (Å²) in [4.78, 5) is 10.6. The molecule has 3 heteroatoms. The first-order chi connectivity index (χ1) is 4.29. The lowest BCUT2D eigenvalue weighted by atomic mass is 10.2. The fraction of sp³-hybridized carbons (Fsp3) is 0.833. The molecule has 1 N–H and O–H groups in total. The SMILES string of the molecule is O=[C]([AlH2])C[C@@H]1CCCN1. The second-order valence-electron chi connectivity index (χ2n) is 2.70. The lowest BCUT2D eigenvalue weighted by Crippen LogP contribution is -2.24. The fourth-order valence-electron chi connectivity index (χ4n) is 1.28. The van der Waals surface area contributed by atoms with Crippen LogP contribution in [0.5, 0.6) is 0 Å². The van der Waals surface area contributed by atoms with E-state index in [-0.39, 0.29) is 0 Å². The maximum atomic E-state index is 10.6. The third kappa shape index (κ3) is 2.49. The zero-order valence-electron chi connectivity index (χ0n) is 5.81. The van der Waals surface area contributed by atoms with Crippen molar-refractivity contribution in [2.75, 3.05) is 6.54 Å². The molecule has 0 spiro atoms. The van der Waals surface area contributed by atoms with E-state index in [4.69, 9.17) is 0 Å². The van der Waals surface area contributed by atoms with Crippen LogP contribution in [0.3, 0.4) is 0 Å². The normalized spacial score (nSPS) is 26.4. The molecule has 0 unspecified atom stereocenters. The van der Waals surface area contributed by atoms with Gasteiger partial charge in [-0.3, -0.25) is 0 Å². The zero-order chi connectivity index (χ0) is 6.69. The topological polar surface area (TPSA) is 29.1 Å². The third-order valence-corrected chi connectivity index (χ3v) is 2.10. The van der Waals surface area contributed by atoms with E-state index in [1.807, 2.05) is 0 Å². The van der Waals surface area contributed by atoms with E-state index in [1.54, 1.807) is 0 Å². The quantitative estimate of drug-likeness (QED) is 0.515. The standard InChI is InChI=1S/C6H10NO.Al.2H/c8-5-3-6-2-1-4-7-6;;;/h6-7H,1-4H2;;;/t6-;;;/m0.../s1. The Morgan fingerprint density at radius 3 is 3.00 bits per heavy atom. The summed E-state index contributed by atoms with van der Waals surface area (Å²) in [5.74, 6) is 0. The molecule has 0 aromatic carbocycles. The molecule has 9 heavy (non-hydrogen) atoms. The molecule has 2 nitrogen and oxygen atoms in total. The summed E-state index contributed by atoms with van der Waals surface area (Å²) >= 11 is 0.725. The van der Waals surface area contributed by atoms with E-state index >= 15 is 0 Å². The minimum atomic E-state index is 0.439. The molecule has 0 aromatic heterocycles. The van der Waals surface area contributed by atoms with Crippen molar-refractivity contribution >= 4 is 20.9 Å². The van der Waals surface area contributed by atoms with Crippen LogP contribution in [0.15, 0.2) is 0 Å². The molecule has 50 valence electrons. The van der Waals surface area contributed by atoms with Crippen LogP contribution in [0.2, 0.25) is 0 Å². The van der Waals surface area contributed by atoms with E-state index in [0.717, 1.165) is 29.3 Å². The molecule has 1 aliphatic heterocycles. The van der Waals surface area contributed by atoms with Crippen LogP contribution in [-0.4, -0.2) is 33.5 Å². The van der Waals surface area contributed by atoms with Crippen molar-refractivity contribution < 1.29 is 4.79 Å². The van der Waals surface area contributed by atoms with Crippen molar-refractivity contribution in [1.29, 1.82) is 0 Å². The largest absolute Gasteiger partial charge is 0.322 e. The van der Waals surface area contributed by atoms with Gasteiger partial charge in [-0.1, -0.05) is 0 Å². The highest BCUT2D eigenvalue weighted by atomic mass is 27.0. The van der Waals surface area contributed by atoms with Gasteiger partial charge in [0, 0.05) is 17.1 Å². The summed E-state index contributed by atoms with van der Waals surface area (Å²) in [6, 6.07) is 0.523. The Morgan fingerprint density at radius 2 is 2.56 bits per heavy atom. The molecule has 0 aromatic rings. The van der Waals surface area contributed by atoms with Gasteiger partial charge in [0.2, 0.25) is 0 Å². The van der Waals surface area contributed by atoms with Gasteiger partial charge < -0.3 is 10.1 Å². The lowest BCUT2D eigenvalue weighted by molar-refractivity contribution is -0.112. The Morgan fingerprint density at radius 1 is 1.78 bits per heavy atom. The molecule has 0 aliphatic carbocycles. The highest BCUT2D eigenvalue weighted by molar-refractivity contribution is 6.57. The Labute approximate surface area is 63.4 Å². The monoisotopic (exact) mass is 141 g/mol. The Bertz CT molecular complexity index is 110. The van der Waals surface area contributed by atoms with Gasteiger partial charge in [-0.2, -0.15) is 0 Å². The summed E-state index contributed by atoms with van der Waals surface area (Å²) in [6.07, 6.45) is 3.24. The number of rotatable bonds is 2. The molecule has 1 aliphatic rings. The summed E-state index contributed by atoms with van der Waals surface area (Å²) in [5, 5.41) is 3.29. The maximum absolute atomic E-state index is 10.6. The molecule has 1 saturated heterocycles. The summed E-state index contributed by atoms with van der Waals surface area (Å²) in [6.45, 7) is 1.11. The van der Waals surface area contributed by atoms with Crippen LogP contribution in [0.1, 0.15) is 19.3 Å². The maximum Gasteiger partial charge on any atom is 0.319 e. The Balaban J connectivity index is 2.19. The predicted octanol–water partition coefficient (Wildman–Crippen LogP) is -0.712. The number of carbonyl (C=O) groups is 1. The highest BCUT2D eigenvalue weighted by Crippen LogP contribution is 2.07. The molecule has 1 rings (SSSR count). The van der Waals surface area contributed by atoms with Crippen LogP contribution in [0.4, 0.5) is 0 Å². The van der Waals surface area contributed by atoms with E-state index in [1.165, 1.54) is 12.8 Å². The van der Waals surface area contributed by atoms with Gasteiger partial charge >= 0.3 is 16.3 Å². The van der Waals surface area contributed by atoms with Crippen molar-refractivity contribution in [1.82, 2.24) is 5.32 Å². The molecular formula is C6H12AlNO. The molecule has 1 atom stereocenters. The van der Waals surface area contributed by atoms with Crippen molar-refractivity contribution in [2.45, 2.75) is 25.3 Å². The fourth-order valence-corrected chi connectivity index (χ4v) is 1.77. The van der Waals surface area contributed by atoms with E-state index in [9.17, 15) is 4.79 Å². The van der Waals surface area contributed by atoms with Crippen molar-refractivity contribution in [2.24, 2.45) is 0 Å². The number of hydrogen-bond acceptors (Lipinski definition) is 2. The number of hydrogen-bond donors (Lipinski definition) is 1. The number of nitrogens with one attached hydrogen (secondary N) is 1. The molecule has 0 bridgehead atoms. The Kier molecular flexibility index (Phi) is 2.72. The average molecular weight is 141 g/mol. The molecule has 0 amide bonds. The van der Waals surface area contributed by atoms with E-state index in [2.05, 4.69) is 5.32 Å². The van der Waals surface area contributed by atoms with E-state index in [0.29, 0.717) is 10.7 Å². The van der Waals surface area contributed by atoms with Crippen LogP contribution in [-0.2, 0) is 4.79 Å².